The van der Waals surface area contributed by atoms with Crippen LogP contribution in [-0.4, -0.2) is 24.1 Å². The van der Waals surface area contributed by atoms with E-state index in [4.69, 9.17) is 4.74 Å². The lowest BCUT2D eigenvalue weighted by molar-refractivity contribution is 0.411. The number of methoxy groups -OCH3 is 1. The molecule has 0 radical (unpaired) electrons. The Hall–Kier alpha value is -2.10. The maximum atomic E-state index is 5.32. The molecular formula is C14H17N3O. The van der Waals surface area contributed by atoms with Gasteiger partial charge in [-0.2, -0.15) is 0 Å². The van der Waals surface area contributed by atoms with Crippen molar-refractivity contribution < 1.29 is 4.74 Å². The third-order valence-electron chi connectivity index (χ3n) is 2.94. The van der Waals surface area contributed by atoms with Gasteiger partial charge in [0.25, 0.3) is 0 Å². The molecule has 2 aromatic rings. The molecular weight excluding hydrogens is 226 g/mol. The van der Waals surface area contributed by atoms with Gasteiger partial charge in [0.1, 0.15) is 17.9 Å². The minimum Gasteiger partial charge on any atom is -0.496 e. The zero-order chi connectivity index (χ0) is 13.1. The number of nitrogens with zero attached hydrogens (tertiary/aromatic N) is 2. The van der Waals surface area contributed by atoms with E-state index in [2.05, 4.69) is 28.3 Å². The fraction of sp³-hybridized carbons (Fsp3) is 0.286. The Bertz CT molecular complexity index is 567. The number of benzene rings is 1. The first-order chi connectivity index (χ1) is 8.65. The van der Waals surface area contributed by atoms with Crippen LogP contribution >= 0.6 is 0 Å². The minimum absolute atomic E-state index is 0.813. The van der Waals surface area contributed by atoms with Crippen LogP contribution in [0.1, 0.15) is 11.1 Å². The van der Waals surface area contributed by atoms with Crippen molar-refractivity contribution in [1.29, 1.82) is 0 Å². The fourth-order valence-corrected chi connectivity index (χ4v) is 1.93. The number of aryl methyl sites for hydroxylation is 2. The Kier molecular flexibility index (Phi) is 3.46. The third kappa shape index (κ3) is 2.27. The zero-order valence-electron chi connectivity index (χ0n) is 11.1. The molecule has 0 spiro atoms. The zero-order valence-corrected chi connectivity index (χ0v) is 11.1. The summed E-state index contributed by atoms with van der Waals surface area (Å²) in [4.78, 5) is 8.45. The SMILES string of the molecule is CNc1cc(-c2cc(C)c(OC)cc2C)ncn1. The normalized spacial score (nSPS) is 10.2. The summed E-state index contributed by atoms with van der Waals surface area (Å²) < 4.78 is 5.32. The average molecular weight is 243 g/mol. The van der Waals surface area contributed by atoms with Gasteiger partial charge in [0.2, 0.25) is 0 Å². The van der Waals surface area contributed by atoms with Gasteiger partial charge in [0.05, 0.1) is 12.8 Å². The third-order valence-corrected chi connectivity index (χ3v) is 2.94. The molecule has 0 aliphatic carbocycles. The Morgan fingerprint density at radius 1 is 1.06 bits per heavy atom. The van der Waals surface area contributed by atoms with E-state index in [1.807, 2.05) is 26.1 Å². The van der Waals surface area contributed by atoms with E-state index in [1.165, 1.54) is 0 Å². The van der Waals surface area contributed by atoms with Crippen LogP contribution in [0.5, 0.6) is 5.75 Å². The number of hydrogen-bond donors (Lipinski definition) is 1. The lowest BCUT2D eigenvalue weighted by atomic mass is 10.0. The van der Waals surface area contributed by atoms with Gasteiger partial charge >= 0.3 is 0 Å². The molecule has 0 unspecified atom stereocenters. The number of aromatic nitrogens is 2. The number of hydrogen-bond acceptors (Lipinski definition) is 4. The molecule has 2 rings (SSSR count). The first-order valence-electron chi connectivity index (χ1n) is 5.81. The minimum atomic E-state index is 0.813. The highest BCUT2D eigenvalue weighted by Gasteiger charge is 2.08. The van der Waals surface area contributed by atoms with Crippen LogP contribution in [0, 0.1) is 13.8 Å². The predicted octanol–water partition coefficient (Wildman–Crippen LogP) is 2.81. The van der Waals surface area contributed by atoms with Crippen LogP contribution in [0.2, 0.25) is 0 Å². The van der Waals surface area contributed by atoms with Gasteiger partial charge < -0.3 is 10.1 Å². The highest BCUT2D eigenvalue weighted by Crippen LogP contribution is 2.29. The quantitative estimate of drug-likeness (QED) is 0.900. The maximum absolute atomic E-state index is 5.32. The maximum Gasteiger partial charge on any atom is 0.129 e. The van der Waals surface area contributed by atoms with Crippen molar-refractivity contribution in [3.05, 3.63) is 35.7 Å². The number of nitrogens with one attached hydrogen (secondary N) is 1. The Morgan fingerprint density at radius 2 is 1.83 bits per heavy atom. The van der Waals surface area contributed by atoms with Crippen LogP contribution in [0.4, 0.5) is 5.82 Å². The van der Waals surface area contributed by atoms with E-state index >= 15 is 0 Å². The van der Waals surface area contributed by atoms with E-state index in [0.29, 0.717) is 0 Å². The molecule has 4 heteroatoms. The molecule has 0 fully saturated rings. The van der Waals surface area contributed by atoms with Gasteiger partial charge in [-0.05, 0) is 37.1 Å². The van der Waals surface area contributed by atoms with Gasteiger partial charge in [-0.25, -0.2) is 9.97 Å². The second-order valence-electron chi connectivity index (χ2n) is 4.18. The first-order valence-corrected chi connectivity index (χ1v) is 5.81. The summed E-state index contributed by atoms with van der Waals surface area (Å²) in [6.07, 6.45) is 1.57. The van der Waals surface area contributed by atoms with E-state index in [0.717, 1.165) is 34.0 Å². The van der Waals surface area contributed by atoms with Gasteiger partial charge in [-0.1, -0.05) is 0 Å². The van der Waals surface area contributed by atoms with Crippen molar-refractivity contribution in [2.45, 2.75) is 13.8 Å². The molecule has 0 saturated carbocycles. The van der Waals surface area contributed by atoms with Crippen LogP contribution in [0.3, 0.4) is 0 Å². The summed E-state index contributed by atoms with van der Waals surface area (Å²) in [7, 11) is 3.53. The Labute approximate surface area is 107 Å². The molecule has 1 aromatic carbocycles. The van der Waals surface area contributed by atoms with Gasteiger partial charge in [-0.15, -0.1) is 0 Å². The Balaban J connectivity index is 2.53. The molecule has 1 N–H and O–H groups in total. The summed E-state index contributed by atoms with van der Waals surface area (Å²) in [5.41, 5.74) is 4.26. The van der Waals surface area contributed by atoms with E-state index < -0.39 is 0 Å². The van der Waals surface area contributed by atoms with Crippen molar-refractivity contribution in [2.24, 2.45) is 0 Å². The van der Waals surface area contributed by atoms with Crippen molar-refractivity contribution >= 4 is 5.82 Å². The first kappa shape index (κ1) is 12.4. The second-order valence-corrected chi connectivity index (χ2v) is 4.18. The smallest absolute Gasteiger partial charge is 0.129 e. The van der Waals surface area contributed by atoms with Gasteiger partial charge in [-0.3, -0.25) is 0 Å². The Morgan fingerprint density at radius 3 is 2.50 bits per heavy atom. The number of rotatable bonds is 3. The topological polar surface area (TPSA) is 47.0 Å². The molecule has 18 heavy (non-hydrogen) atoms. The molecule has 94 valence electrons. The average Bonchev–Trinajstić information content (AvgIpc) is 2.41. The largest absolute Gasteiger partial charge is 0.496 e. The molecule has 0 amide bonds. The summed E-state index contributed by atoms with van der Waals surface area (Å²) in [5.74, 6) is 1.71. The molecule has 0 aliphatic rings. The van der Waals surface area contributed by atoms with E-state index in [1.54, 1.807) is 13.4 Å². The van der Waals surface area contributed by atoms with E-state index in [-0.39, 0.29) is 0 Å². The second kappa shape index (κ2) is 5.04. The molecule has 1 heterocycles. The predicted molar refractivity (Wildman–Crippen MR) is 73.0 cm³/mol. The van der Waals surface area contributed by atoms with Crippen molar-refractivity contribution in [3.8, 4) is 17.0 Å². The fourth-order valence-electron chi connectivity index (χ4n) is 1.93. The molecule has 0 atom stereocenters. The van der Waals surface area contributed by atoms with Crippen molar-refractivity contribution in [3.63, 3.8) is 0 Å². The molecule has 0 bridgehead atoms. The molecule has 0 saturated heterocycles. The summed E-state index contributed by atoms with van der Waals surface area (Å²) in [5, 5.41) is 3.02. The molecule has 0 aliphatic heterocycles. The van der Waals surface area contributed by atoms with Gasteiger partial charge in [0.15, 0.2) is 0 Å². The molecule has 4 nitrogen and oxygen atoms in total. The summed E-state index contributed by atoms with van der Waals surface area (Å²) in [6.45, 7) is 4.08. The lowest BCUT2D eigenvalue weighted by Crippen LogP contribution is -1.96. The van der Waals surface area contributed by atoms with Crippen LogP contribution in [0.15, 0.2) is 24.5 Å². The lowest BCUT2D eigenvalue weighted by Gasteiger charge is -2.11. The number of ether oxygens (including phenoxy) is 1. The summed E-state index contributed by atoms with van der Waals surface area (Å²) >= 11 is 0. The highest BCUT2D eigenvalue weighted by atomic mass is 16.5. The van der Waals surface area contributed by atoms with Gasteiger partial charge in [0, 0.05) is 18.7 Å². The highest BCUT2D eigenvalue weighted by molar-refractivity contribution is 5.68. The number of anilines is 1. The van der Waals surface area contributed by atoms with Crippen LogP contribution in [-0.2, 0) is 0 Å². The van der Waals surface area contributed by atoms with E-state index in [9.17, 15) is 0 Å². The van der Waals surface area contributed by atoms with Crippen LogP contribution in [0.25, 0.3) is 11.3 Å². The monoisotopic (exact) mass is 243 g/mol. The standard InChI is InChI=1S/C14H17N3O/c1-9-6-13(18-4)10(2)5-11(9)12-7-14(15-3)17-8-16-12/h5-8H,1-4H3,(H,15,16,17). The van der Waals surface area contributed by atoms with Crippen molar-refractivity contribution in [2.75, 3.05) is 19.5 Å². The molecule has 1 aromatic heterocycles. The van der Waals surface area contributed by atoms with Crippen molar-refractivity contribution in [1.82, 2.24) is 9.97 Å². The summed E-state index contributed by atoms with van der Waals surface area (Å²) in [6, 6.07) is 6.07. The van der Waals surface area contributed by atoms with Crippen LogP contribution < -0.4 is 10.1 Å².